The quantitative estimate of drug-likeness (QED) is 0.926. The fourth-order valence-electron chi connectivity index (χ4n) is 2.08. The minimum Gasteiger partial charge on any atom is -0.324 e. The molecule has 1 atom stereocenters. The van der Waals surface area contributed by atoms with Gasteiger partial charge in [0, 0.05) is 28.8 Å². The number of hydrogen-bond donors (Lipinski definition) is 1. The molecule has 100 valence electrons. The van der Waals surface area contributed by atoms with Crippen LogP contribution in [0.15, 0.2) is 41.0 Å². The first-order valence-electron chi connectivity index (χ1n) is 6.56. The Kier molecular flexibility index (Phi) is 4.72. The zero-order valence-electron chi connectivity index (χ0n) is 11.4. The third-order valence-electron chi connectivity index (χ3n) is 3.34. The van der Waals surface area contributed by atoms with E-state index >= 15 is 0 Å². The highest BCUT2D eigenvalue weighted by molar-refractivity contribution is 9.10. The summed E-state index contributed by atoms with van der Waals surface area (Å²) in [5.74, 6) is 0. The summed E-state index contributed by atoms with van der Waals surface area (Å²) in [6, 6.07) is 10.4. The average molecular weight is 319 g/mol. The van der Waals surface area contributed by atoms with E-state index in [9.17, 15) is 0 Å². The van der Waals surface area contributed by atoms with Gasteiger partial charge in [0.05, 0.1) is 0 Å². The first-order valence-corrected chi connectivity index (χ1v) is 7.35. The number of pyridine rings is 1. The van der Waals surface area contributed by atoms with Crippen molar-refractivity contribution in [2.24, 2.45) is 5.73 Å². The summed E-state index contributed by atoms with van der Waals surface area (Å²) < 4.78 is 1.10. The Morgan fingerprint density at radius 1 is 1.26 bits per heavy atom. The molecule has 1 heterocycles. The number of rotatable bonds is 4. The monoisotopic (exact) mass is 318 g/mol. The molecule has 0 saturated heterocycles. The minimum absolute atomic E-state index is 0.0331. The smallest absolute Gasteiger partial charge is 0.0422 e. The van der Waals surface area contributed by atoms with Gasteiger partial charge in [-0.1, -0.05) is 47.1 Å². The van der Waals surface area contributed by atoms with Crippen molar-refractivity contribution in [3.63, 3.8) is 0 Å². The summed E-state index contributed by atoms with van der Waals surface area (Å²) in [6.07, 6.45) is 3.71. The minimum atomic E-state index is -0.0331. The second-order valence-electron chi connectivity index (χ2n) is 4.80. The Balaban J connectivity index is 2.15. The highest BCUT2D eigenvalue weighted by Crippen LogP contribution is 2.27. The number of nitrogens with two attached hydrogens (primary N) is 1. The maximum Gasteiger partial charge on any atom is 0.0422 e. The third kappa shape index (κ3) is 3.43. The van der Waals surface area contributed by atoms with Crippen molar-refractivity contribution in [1.29, 1.82) is 0 Å². The van der Waals surface area contributed by atoms with Crippen molar-refractivity contribution in [1.82, 2.24) is 4.98 Å². The highest BCUT2D eigenvalue weighted by Gasteiger charge is 2.12. The lowest BCUT2D eigenvalue weighted by Crippen LogP contribution is -2.15. The molecule has 1 aromatic heterocycles. The second kappa shape index (κ2) is 6.31. The molecule has 2 nitrogen and oxygen atoms in total. The summed E-state index contributed by atoms with van der Waals surface area (Å²) in [7, 11) is 0. The molecule has 0 aliphatic heterocycles. The molecule has 0 bridgehead atoms. The van der Waals surface area contributed by atoms with Gasteiger partial charge in [0.2, 0.25) is 0 Å². The van der Waals surface area contributed by atoms with Crippen LogP contribution in [-0.4, -0.2) is 4.98 Å². The van der Waals surface area contributed by atoms with E-state index < -0.39 is 0 Å². The number of nitrogens with zero attached hydrogens (tertiary/aromatic N) is 1. The van der Waals surface area contributed by atoms with Gasteiger partial charge < -0.3 is 5.73 Å². The van der Waals surface area contributed by atoms with Crippen LogP contribution in [0, 0.1) is 6.92 Å². The number of aryl methyl sites for hydroxylation is 2. The summed E-state index contributed by atoms with van der Waals surface area (Å²) >= 11 is 3.62. The Labute approximate surface area is 123 Å². The molecule has 19 heavy (non-hydrogen) atoms. The van der Waals surface area contributed by atoms with Gasteiger partial charge in [0.25, 0.3) is 0 Å². The van der Waals surface area contributed by atoms with Gasteiger partial charge in [-0.2, -0.15) is 0 Å². The number of halogens is 1. The van der Waals surface area contributed by atoms with Crippen LogP contribution < -0.4 is 5.73 Å². The number of aromatic nitrogens is 1. The molecule has 0 fully saturated rings. The van der Waals surface area contributed by atoms with Crippen molar-refractivity contribution < 1.29 is 0 Å². The normalized spacial score (nSPS) is 12.4. The molecular weight excluding hydrogens is 300 g/mol. The largest absolute Gasteiger partial charge is 0.324 e. The lowest BCUT2D eigenvalue weighted by atomic mass is 10.0. The van der Waals surface area contributed by atoms with Gasteiger partial charge in [-0.25, -0.2) is 0 Å². The predicted octanol–water partition coefficient (Wildman–Crippen LogP) is 3.96. The number of benzene rings is 1. The van der Waals surface area contributed by atoms with Crippen molar-refractivity contribution in [3.05, 3.63) is 63.4 Å². The highest BCUT2D eigenvalue weighted by atomic mass is 79.9. The summed E-state index contributed by atoms with van der Waals surface area (Å²) in [5, 5.41) is 0. The fraction of sp³-hybridized carbons (Fsp3) is 0.312. The van der Waals surface area contributed by atoms with Crippen LogP contribution in [0.1, 0.15) is 35.3 Å². The molecule has 0 aliphatic carbocycles. The third-order valence-corrected chi connectivity index (χ3v) is 4.43. The zero-order chi connectivity index (χ0) is 13.8. The molecule has 2 N–H and O–H groups in total. The Morgan fingerprint density at radius 2 is 2.05 bits per heavy atom. The van der Waals surface area contributed by atoms with Crippen LogP contribution in [0.5, 0.6) is 0 Å². The molecule has 0 radical (unpaired) electrons. The van der Waals surface area contributed by atoms with Gasteiger partial charge in [-0.15, -0.1) is 0 Å². The molecule has 3 heteroatoms. The standard InChI is InChI=1S/C16H19BrN2/c1-3-12-7-8-13(19-10-12)9-15(18)14-6-4-5-11(2)16(14)17/h4-8,10,15H,3,9,18H2,1-2H3. The van der Waals surface area contributed by atoms with E-state index in [1.807, 2.05) is 12.3 Å². The molecule has 2 rings (SSSR count). The van der Waals surface area contributed by atoms with Crippen molar-refractivity contribution >= 4 is 15.9 Å². The fourth-order valence-corrected chi connectivity index (χ4v) is 2.64. The van der Waals surface area contributed by atoms with E-state index in [-0.39, 0.29) is 6.04 Å². The molecule has 0 aliphatic rings. The molecule has 1 aromatic carbocycles. The maximum atomic E-state index is 6.30. The lowest BCUT2D eigenvalue weighted by Gasteiger charge is -2.15. The first kappa shape index (κ1) is 14.2. The molecule has 1 unspecified atom stereocenters. The summed E-state index contributed by atoms with van der Waals surface area (Å²) in [5.41, 5.74) is 10.9. The van der Waals surface area contributed by atoms with E-state index in [4.69, 9.17) is 5.73 Å². The molecule has 0 spiro atoms. The zero-order valence-corrected chi connectivity index (χ0v) is 12.9. The SMILES string of the molecule is CCc1ccc(CC(N)c2cccc(C)c2Br)nc1. The predicted molar refractivity (Wildman–Crippen MR) is 83.1 cm³/mol. The number of hydrogen-bond acceptors (Lipinski definition) is 2. The van der Waals surface area contributed by atoms with Gasteiger partial charge in [0.15, 0.2) is 0 Å². The van der Waals surface area contributed by atoms with Crippen LogP contribution in [-0.2, 0) is 12.8 Å². The maximum absolute atomic E-state index is 6.30. The van der Waals surface area contributed by atoms with E-state index in [0.29, 0.717) is 0 Å². The molecule has 0 amide bonds. The van der Waals surface area contributed by atoms with Gasteiger partial charge in [-0.3, -0.25) is 4.98 Å². The Hall–Kier alpha value is -1.19. The molecular formula is C16H19BrN2. The van der Waals surface area contributed by atoms with Gasteiger partial charge in [0.1, 0.15) is 0 Å². The van der Waals surface area contributed by atoms with E-state index in [1.165, 1.54) is 11.1 Å². The summed E-state index contributed by atoms with van der Waals surface area (Å²) in [4.78, 5) is 4.47. The van der Waals surface area contributed by atoms with Crippen LogP contribution in [0.25, 0.3) is 0 Å². The Morgan fingerprint density at radius 3 is 2.68 bits per heavy atom. The average Bonchev–Trinajstić information content (AvgIpc) is 2.42. The Bertz CT molecular complexity index is 549. The van der Waals surface area contributed by atoms with Crippen molar-refractivity contribution in [2.45, 2.75) is 32.7 Å². The topological polar surface area (TPSA) is 38.9 Å². The van der Waals surface area contributed by atoms with Crippen molar-refractivity contribution in [2.75, 3.05) is 0 Å². The van der Waals surface area contributed by atoms with E-state index in [1.54, 1.807) is 0 Å². The molecule has 0 saturated carbocycles. The summed E-state index contributed by atoms with van der Waals surface area (Å²) in [6.45, 7) is 4.21. The first-order chi connectivity index (χ1) is 9.11. The van der Waals surface area contributed by atoms with Gasteiger partial charge in [-0.05, 0) is 36.1 Å². The van der Waals surface area contributed by atoms with Crippen LogP contribution in [0.3, 0.4) is 0 Å². The van der Waals surface area contributed by atoms with Crippen LogP contribution >= 0.6 is 15.9 Å². The van der Waals surface area contributed by atoms with Crippen molar-refractivity contribution in [3.8, 4) is 0 Å². The van der Waals surface area contributed by atoms with Crippen LogP contribution in [0.4, 0.5) is 0 Å². The van der Waals surface area contributed by atoms with Crippen LogP contribution in [0.2, 0.25) is 0 Å². The van der Waals surface area contributed by atoms with Gasteiger partial charge >= 0.3 is 0 Å². The lowest BCUT2D eigenvalue weighted by molar-refractivity contribution is 0.702. The van der Waals surface area contributed by atoms with E-state index in [0.717, 1.165) is 28.6 Å². The van der Waals surface area contributed by atoms with E-state index in [2.05, 4.69) is 59.0 Å². The second-order valence-corrected chi connectivity index (χ2v) is 5.59. The molecule has 2 aromatic rings.